The molecule has 0 spiro atoms. The van der Waals surface area contributed by atoms with E-state index in [9.17, 15) is 4.79 Å². The fraction of sp³-hybridized carbons (Fsp3) is 0.409. The Hall–Kier alpha value is -2.49. The first kappa shape index (κ1) is 18.3. The van der Waals surface area contributed by atoms with Crippen molar-refractivity contribution < 1.29 is 14.6 Å². The van der Waals surface area contributed by atoms with Gasteiger partial charge in [0.25, 0.3) is 0 Å². The van der Waals surface area contributed by atoms with E-state index in [1.807, 2.05) is 19.9 Å². The van der Waals surface area contributed by atoms with E-state index in [2.05, 4.69) is 56.4 Å². The first-order valence-electron chi connectivity index (χ1n) is 9.07. The van der Waals surface area contributed by atoms with Gasteiger partial charge in [-0.25, -0.2) is 4.79 Å². The molecule has 1 aliphatic carbocycles. The van der Waals surface area contributed by atoms with Crippen molar-refractivity contribution in [2.24, 2.45) is 5.41 Å². The molecule has 0 saturated heterocycles. The number of rotatable bonds is 4. The lowest BCUT2D eigenvalue weighted by Crippen LogP contribution is -2.34. The highest BCUT2D eigenvalue weighted by Gasteiger charge is 2.40. The molecule has 0 aliphatic heterocycles. The zero-order valence-electron chi connectivity index (χ0n) is 16.1. The second kappa shape index (κ2) is 6.67. The molecule has 0 unspecified atom stereocenters. The molecule has 1 aliphatic rings. The van der Waals surface area contributed by atoms with Gasteiger partial charge < -0.3 is 15.2 Å². The number of amides is 1. The fourth-order valence-electron chi connectivity index (χ4n) is 3.92. The van der Waals surface area contributed by atoms with E-state index >= 15 is 0 Å². The van der Waals surface area contributed by atoms with Crippen LogP contribution in [0.1, 0.15) is 50.4 Å². The van der Waals surface area contributed by atoms with Crippen LogP contribution >= 0.6 is 0 Å². The summed E-state index contributed by atoms with van der Waals surface area (Å²) in [5.41, 5.74) is 5.66. The highest BCUT2D eigenvalue weighted by atomic mass is 16.5. The van der Waals surface area contributed by atoms with Crippen LogP contribution in [-0.2, 0) is 6.42 Å². The Labute approximate surface area is 155 Å². The fourth-order valence-corrected chi connectivity index (χ4v) is 3.92. The minimum atomic E-state index is -0.975. The number of nitrogens with one attached hydrogen (secondary N) is 1. The zero-order valence-corrected chi connectivity index (χ0v) is 16.1. The van der Waals surface area contributed by atoms with Crippen molar-refractivity contribution in [2.45, 2.75) is 53.2 Å². The molecule has 4 heteroatoms. The molecule has 2 aromatic rings. The summed E-state index contributed by atoms with van der Waals surface area (Å²) in [7, 11) is 0. The Kier molecular flexibility index (Phi) is 4.70. The summed E-state index contributed by atoms with van der Waals surface area (Å²) < 4.78 is 5.77. The van der Waals surface area contributed by atoms with Crippen LogP contribution in [0.4, 0.5) is 4.79 Å². The molecular weight excluding hydrogens is 326 g/mol. The third-order valence-electron chi connectivity index (χ3n) is 5.03. The predicted octanol–water partition coefficient (Wildman–Crippen LogP) is 5.34. The van der Waals surface area contributed by atoms with Crippen molar-refractivity contribution in [1.82, 2.24) is 5.32 Å². The van der Waals surface area contributed by atoms with Crippen LogP contribution in [0.25, 0.3) is 11.1 Å². The van der Waals surface area contributed by atoms with Gasteiger partial charge in [-0.3, -0.25) is 0 Å². The first-order chi connectivity index (χ1) is 12.2. The van der Waals surface area contributed by atoms with Gasteiger partial charge in [-0.15, -0.1) is 0 Å². The Bertz CT molecular complexity index is 839. The average molecular weight is 353 g/mol. The van der Waals surface area contributed by atoms with Crippen molar-refractivity contribution in [2.75, 3.05) is 0 Å². The number of hydrogen-bond acceptors (Lipinski definition) is 2. The molecule has 2 N–H and O–H groups in total. The van der Waals surface area contributed by atoms with Gasteiger partial charge in [0.2, 0.25) is 0 Å². The van der Waals surface area contributed by atoms with Gasteiger partial charge in [-0.2, -0.15) is 0 Å². The Morgan fingerprint density at radius 1 is 1.23 bits per heavy atom. The molecule has 0 fully saturated rings. The lowest BCUT2D eigenvalue weighted by molar-refractivity contribution is 0.175. The molecule has 138 valence electrons. The lowest BCUT2D eigenvalue weighted by Gasteiger charge is -2.27. The summed E-state index contributed by atoms with van der Waals surface area (Å²) in [5.74, 6) is 0.884. The van der Waals surface area contributed by atoms with Crippen molar-refractivity contribution in [3.8, 4) is 16.9 Å². The minimum absolute atomic E-state index is 0.136. The molecule has 2 aromatic carbocycles. The standard InChI is InChI=1S/C22H27NO3/c1-13(2)26-17-7-9-18(14(3)10-17)15-6-8-19-16(11-15)12-22(4,5)20(19)23-21(24)25/h6-11,13,20,23H,12H2,1-5H3,(H,24,25)/t20-/m0/s1. The van der Waals surface area contributed by atoms with Crippen molar-refractivity contribution >= 4 is 6.09 Å². The van der Waals surface area contributed by atoms with Gasteiger partial charge >= 0.3 is 6.09 Å². The Balaban J connectivity index is 1.94. The van der Waals surface area contributed by atoms with Gasteiger partial charge in [0.1, 0.15) is 5.75 Å². The van der Waals surface area contributed by atoms with Crippen LogP contribution in [0.5, 0.6) is 5.75 Å². The van der Waals surface area contributed by atoms with E-state index in [1.54, 1.807) is 0 Å². The van der Waals surface area contributed by atoms with Gasteiger partial charge in [-0.05, 0) is 72.6 Å². The van der Waals surface area contributed by atoms with E-state index in [0.29, 0.717) is 0 Å². The Morgan fingerprint density at radius 2 is 1.96 bits per heavy atom. The van der Waals surface area contributed by atoms with Crippen LogP contribution < -0.4 is 10.1 Å². The number of carbonyl (C=O) groups is 1. The second-order valence-electron chi connectivity index (χ2n) is 8.10. The van der Waals surface area contributed by atoms with Gasteiger partial charge in [0, 0.05) is 0 Å². The van der Waals surface area contributed by atoms with Gasteiger partial charge in [0.15, 0.2) is 0 Å². The van der Waals surface area contributed by atoms with Crippen LogP contribution in [0.3, 0.4) is 0 Å². The number of benzene rings is 2. The molecule has 3 rings (SSSR count). The van der Waals surface area contributed by atoms with E-state index in [-0.39, 0.29) is 17.6 Å². The lowest BCUT2D eigenvalue weighted by atomic mass is 9.85. The maximum Gasteiger partial charge on any atom is 0.405 e. The molecule has 1 atom stereocenters. The third-order valence-corrected chi connectivity index (χ3v) is 5.03. The highest BCUT2D eigenvalue weighted by Crippen LogP contribution is 2.46. The smallest absolute Gasteiger partial charge is 0.405 e. The molecule has 26 heavy (non-hydrogen) atoms. The van der Waals surface area contributed by atoms with E-state index in [1.165, 1.54) is 16.7 Å². The van der Waals surface area contributed by atoms with Crippen molar-refractivity contribution in [3.05, 3.63) is 53.1 Å². The van der Waals surface area contributed by atoms with E-state index in [4.69, 9.17) is 9.84 Å². The summed E-state index contributed by atoms with van der Waals surface area (Å²) in [6.45, 7) is 10.3. The highest BCUT2D eigenvalue weighted by molar-refractivity contribution is 5.71. The molecule has 0 aromatic heterocycles. The van der Waals surface area contributed by atoms with Crippen LogP contribution in [0.15, 0.2) is 36.4 Å². The molecule has 4 nitrogen and oxygen atoms in total. The van der Waals surface area contributed by atoms with E-state index in [0.717, 1.165) is 23.3 Å². The van der Waals surface area contributed by atoms with Gasteiger partial charge in [0.05, 0.1) is 12.1 Å². The summed E-state index contributed by atoms with van der Waals surface area (Å²) in [6.07, 6.45) is 0.0343. The average Bonchev–Trinajstić information content (AvgIpc) is 2.76. The maximum atomic E-state index is 11.2. The Morgan fingerprint density at radius 3 is 2.58 bits per heavy atom. The van der Waals surface area contributed by atoms with Crippen LogP contribution in [0.2, 0.25) is 0 Å². The molecule has 0 bridgehead atoms. The van der Waals surface area contributed by atoms with Crippen molar-refractivity contribution in [3.63, 3.8) is 0 Å². The number of aryl methyl sites for hydroxylation is 1. The SMILES string of the molecule is Cc1cc(OC(C)C)ccc1-c1ccc2c(c1)CC(C)(C)[C@H]2NC(=O)O. The van der Waals surface area contributed by atoms with E-state index < -0.39 is 6.09 Å². The van der Waals surface area contributed by atoms with Crippen LogP contribution in [-0.4, -0.2) is 17.3 Å². The molecule has 0 radical (unpaired) electrons. The van der Waals surface area contributed by atoms with Gasteiger partial charge in [-0.1, -0.05) is 38.1 Å². The third kappa shape index (κ3) is 3.55. The second-order valence-corrected chi connectivity index (χ2v) is 8.10. The normalized spacial score (nSPS) is 17.8. The quantitative estimate of drug-likeness (QED) is 0.780. The molecular formula is C22H27NO3. The minimum Gasteiger partial charge on any atom is -0.491 e. The zero-order chi connectivity index (χ0) is 19.1. The van der Waals surface area contributed by atoms with Crippen LogP contribution in [0, 0.1) is 12.3 Å². The topological polar surface area (TPSA) is 58.6 Å². The predicted molar refractivity (Wildman–Crippen MR) is 104 cm³/mol. The van der Waals surface area contributed by atoms with Crippen molar-refractivity contribution in [1.29, 1.82) is 0 Å². The molecule has 1 amide bonds. The number of hydrogen-bond donors (Lipinski definition) is 2. The monoisotopic (exact) mass is 353 g/mol. The summed E-state index contributed by atoms with van der Waals surface area (Å²) in [4.78, 5) is 11.2. The summed E-state index contributed by atoms with van der Waals surface area (Å²) in [6, 6.07) is 12.4. The number of carboxylic acid groups (broad SMARTS) is 1. The molecule has 0 heterocycles. The first-order valence-corrected chi connectivity index (χ1v) is 9.07. The largest absolute Gasteiger partial charge is 0.491 e. The number of ether oxygens (including phenoxy) is 1. The summed E-state index contributed by atoms with van der Waals surface area (Å²) in [5, 5.41) is 11.9. The number of fused-ring (bicyclic) bond motifs is 1. The maximum absolute atomic E-state index is 11.2. The summed E-state index contributed by atoms with van der Waals surface area (Å²) >= 11 is 0. The molecule has 0 saturated carbocycles.